The highest BCUT2D eigenvalue weighted by molar-refractivity contribution is 8.00. The van der Waals surface area contributed by atoms with E-state index in [0.29, 0.717) is 0 Å². The van der Waals surface area contributed by atoms with E-state index in [1.165, 1.54) is 23.1 Å². The van der Waals surface area contributed by atoms with Crippen molar-refractivity contribution in [2.24, 2.45) is 0 Å². The fourth-order valence-electron chi connectivity index (χ4n) is 2.42. The van der Waals surface area contributed by atoms with Gasteiger partial charge < -0.3 is 4.90 Å². The van der Waals surface area contributed by atoms with Gasteiger partial charge >= 0.3 is 0 Å². The van der Waals surface area contributed by atoms with E-state index in [-0.39, 0.29) is 29.3 Å². The topological polar surface area (TPSA) is 20.3 Å². The molecule has 1 unspecified atom stereocenters. The van der Waals surface area contributed by atoms with Gasteiger partial charge in [0.1, 0.15) is 11.2 Å². The Morgan fingerprint density at radius 3 is 2.48 bits per heavy atom. The minimum atomic E-state index is -1.58. The predicted molar refractivity (Wildman–Crippen MR) is 78.5 cm³/mol. The Labute approximate surface area is 134 Å². The van der Waals surface area contributed by atoms with Crippen molar-refractivity contribution in [3.05, 3.63) is 70.8 Å². The molecule has 0 aliphatic carbocycles. The number of carbonyl (C=O) groups is 1. The van der Waals surface area contributed by atoms with Crippen LogP contribution in [0.2, 0.25) is 0 Å². The van der Waals surface area contributed by atoms with Crippen LogP contribution in [0.4, 0.5) is 17.6 Å². The minimum Gasteiger partial charge on any atom is -0.321 e. The molecule has 2 aromatic rings. The summed E-state index contributed by atoms with van der Waals surface area (Å²) in [5.74, 6) is -4.92. The van der Waals surface area contributed by atoms with Gasteiger partial charge in [-0.25, -0.2) is 17.6 Å². The summed E-state index contributed by atoms with van der Waals surface area (Å²) >= 11 is 1.09. The van der Waals surface area contributed by atoms with Crippen molar-refractivity contribution in [1.29, 1.82) is 0 Å². The Morgan fingerprint density at radius 1 is 1.00 bits per heavy atom. The number of hydrogen-bond donors (Lipinski definition) is 0. The van der Waals surface area contributed by atoms with Crippen LogP contribution >= 0.6 is 11.8 Å². The van der Waals surface area contributed by atoms with Gasteiger partial charge in [-0.1, -0.05) is 24.3 Å². The number of carbonyl (C=O) groups excluding carboxylic acids is 1. The fraction of sp³-hybridized carbons (Fsp3) is 0.188. The lowest BCUT2D eigenvalue weighted by molar-refractivity contribution is -0.128. The van der Waals surface area contributed by atoms with Crippen LogP contribution < -0.4 is 0 Å². The molecule has 23 heavy (non-hydrogen) atoms. The van der Waals surface area contributed by atoms with Crippen LogP contribution in [-0.2, 0) is 11.3 Å². The van der Waals surface area contributed by atoms with Gasteiger partial charge in [0, 0.05) is 17.7 Å². The standard InChI is InChI=1S/C16H11F4NOS/c17-11-4-2-1-3-9(11)7-21-13(22)8-23-16(21)10-5-6-12(18)15(20)14(10)19/h1-6,16H,7-8H2. The zero-order valence-corrected chi connectivity index (χ0v) is 12.5. The molecule has 2 nitrogen and oxygen atoms in total. The summed E-state index contributed by atoms with van der Waals surface area (Å²) < 4.78 is 54.3. The smallest absolute Gasteiger partial charge is 0.234 e. The molecule has 1 heterocycles. The van der Waals surface area contributed by atoms with Crippen LogP contribution in [0.3, 0.4) is 0 Å². The second-order valence-corrected chi connectivity index (χ2v) is 6.11. The Balaban J connectivity index is 1.95. The molecular formula is C16H11F4NOS. The number of hydrogen-bond acceptors (Lipinski definition) is 2. The van der Waals surface area contributed by atoms with Crippen LogP contribution in [0, 0.1) is 23.3 Å². The van der Waals surface area contributed by atoms with Crippen molar-refractivity contribution in [2.45, 2.75) is 11.9 Å². The van der Waals surface area contributed by atoms with E-state index in [4.69, 9.17) is 0 Å². The van der Waals surface area contributed by atoms with Gasteiger partial charge in [-0.3, -0.25) is 4.79 Å². The van der Waals surface area contributed by atoms with Gasteiger partial charge in [-0.2, -0.15) is 0 Å². The van der Waals surface area contributed by atoms with E-state index in [9.17, 15) is 22.4 Å². The van der Waals surface area contributed by atoms with E-state index >= 15 is 0 Å². The maximum atomic E-state index is 14.0. The van der Waals surface area contributed by atoms with Crippen LogP contribution in [0.5, 0.6) is 0 Å². The average Bonchev–Trinajstić information content (AvgIpc) is 2.89. The molecule has 7 heteroatoms. The summed E-state index contributed by atoms with van der Waals surface area (Å²) in [4.78, 5) is 13.3. The number of halogens is 4. The summed E-state index contributed by atoms with van der Waals surface area (Å²) in [6.07, 6.45) is 0. The predicted octanol–water partition coefficient (Wildman–Crippen LogP) is 4.02. The van der Waals surface area contributed by atoms with Gasteiger partial charge in [0.05, 0.1) is 5.75 Å². The molecule has 1 saturated heterocycles. The summed E-state index contributed by atoms with van der Waals surface area (Å²) in [7, 11) is 0. The quantitative estimate of drug-likeness (QED) is 0.621. The van der Waals surface area contributed by atoms with Gasteiger partial charge in [0.25, 0.3) is 0 Å². The molecule has 2 aromatic carbocycles. The summed E-state index contributed by atoms with van der Waals surface area (Å²) in [5, 5.41) is -0.822. The molecule has 120 valence electrons. The summed E-state index contributed by atoms with van der Waals surface area (Å²) in [5.41, 5.74) is 0.146. The normalized spacial score (nSPS) is 17.8. The Bertz CT molecular complexity index is 768. The van der Waals surface area contributed by atoms with Gasteiger partial charge in [0.15, 0.2) is 17.5 Å². The number of rotatable bonds is 3. The van der Waals surface area contributed by atoms with Crippen molar-refractivity contribution in [3.8, 4) is 0 Å². The molecule has 1 aliphatic rings. The third-order valence-corrected chi connectivity index (χ3v) is 4.84. The molecule has 0 spiro atoms. The van der Waals surface area contributed by atoms with Gasteiger partial charge in [-0.05, 0) is 12.1 Å². The maximum absolute atomic E-state index is 14.0. The van der Waals surface area contributed by atoms with Crippen molar-refractivity contribution in [3.63, 3.8) is 0 Å². The Kier molecular flexibility index (Phi) is 4.30. The molecule has 0 N–H and O–H groups in total. The number of nitrogens with zero attached hydrogens (tertiary/aromatic N) is 1. The van der Waals surface area contributed by atoms with Crippen molar-refractivity contribution in [2.75, 3.05) is 5.75 Å². The van der Waals surface area contributed by atoms with Crippen molar-refractivity contribution < 1.29 is 22.4 Å². The monoisotopic (exact) mass is 341 g/mol. The maximum Gasteiger partial charge on any atom is 0.234 e. The first-order valence-corrected chi connectivity index (χ1v) is 7.82. The fourth-order valence-corrected chi connectivity index (χ4v) is 3.62. The Hall–Kier alpha value is -2.02. The first-order chi connectivity index (χ1) is 11.0. The van der Waals surface area contributed by atoms with E-state index < -0.39 is 28.6 Å². The molecule has 0 saturated carbocycles. The van der Waals surface area contributed by atoms with E-state index in [0.717, 1.165) is 23.9 Å². The van der Waals surface area contributed by atoms with E-state index in [1.54, 1.807) is 6.07 Å². The number of amides is 1. The molecule has 0 radical (unpaired) electrons. The Morgan fingerprint density at radius 2 is 1.74 bits per heavy atom. The molecule has 1 aliphatic heterocycles. The third kappa shape index (κ3) is 2.93. The van der Waals surface area contributed by atoms with E-state index in [1.807, 2.05) is 0 Å². The summed E-state index contributed by atoms with van der Waals surface area (Å²) in [6.45, 7) is -0.0678. The minimum absolute atomic E-state index is 0.0670. The van der Waals surface area contributed by atoms with Crippen LogP contribution in [0.1, 0.15) is 16.5 Å². The lowest BCUT2D eigenvalue weighted by Gasteiger charge is -2.25. The zero-order valence-electron chi connectivity index (χ0n) is 11.7. The molecule has 0 aromatic heterocycles. The lowest BCUT2D eigenvalue weighted by Crippen LogP contribution is -2.28. The zero-order chi connectivity index (χ0) is 16.6. The van der Waals surface area contributed by atoms with Gasteiger partial charge in [-0.15, -0.1) is 11.8 Å². The lowest BCUT2D eigenvalue weighted by atomic mass is 10.1. The van der Waals surface area contributed by atoms with Crippen LogP contribution in [-0.4, -0.2) is 16.6 Å². The molecule has 0 bridgehead atoms. The molecule has 1 fully saturated rings. The molecule has 1 amide bonds. The van der Waals surface area contributed by atoms with E-state index in [2.05, 4.69) is 0 Å². The average molecular weight is 341 g/mol. The first kappa shape index (κ1) is 15.9. The molecule has 1 atom stereocenters. The first-order valence-electron chi connectivity index (χ1n) is 6.77. The second-order valence-electron chi connectivity index (χ2n) is 5.04. The SMILES string of the molecule is O=C1CSC(c2ccc(F)c(F)c2F)N1Cc1ccccc1F. The van der Waals surface area contributed by atoms with Gasteiger partial charge in [0.2, 0.25) is 5.91 Å². The van der Waals surface area contributed by atoms with Crippen molar-refractivity contribution >= 4 is 17.7 Å². The highest BCUT2D eigenvalue weighted by Crippen LogP contribution is 2.41. The van der Waals surface area contributed by atoms with Crippen molar-refractivity contribution in [1.82, 2.24) is 4.90 Å². The highest BCUT2D eigenvalue weighted by Gasteiger charge is 2.35. The third-order valence-electron chi connectivity index (χ3n) is 3.60. The number of thioether (sulfide) groups is 1. The molecular weight excluding hydrogens is 330 g/mol. The summed E-state index contributed by atoms with van der Waals surface area (Å²) in [6, 6.07) is 7.85. The molecule has 3 rings (SSSR count). The number of benzene rings is 2. The largest absolute Gasteiger partial charge is 0.321 e. The highest BCUT2D eigenvalue weighted by atomic mass is 32.2. The van der Waals surface area contributed by atoms with Crippen LogP contribution in [0.15, 0.2) is 36.4 Å². The second kappa shape index (κ2) is 6.23. The van der Waals surface area contributed by atoms with Crippen LogP contribution in [0.25, 0.3) is 0 Å².